The van der Waals surface area contributed by atoms with Gasteiger partial charge in [0.2, 0.25) is 0 Å². The SMILES string of the molecule is NCCC1CN(OC(=O)C(F)(F)F)C(=O)c2cc(-c3cccc(OC(F)(F)F)c3)c(C3CC3)n21. The fourth-order valence-corrected chi connectivity index (χ4v) is 4.09. The lowest BCUT2D eigenvalue weighted by molar-refractivity contribution is -0.274. The van der Waals surface area contributed by atoms with Crippen molar-refractivity contribution in [2.24, 2.45) is 5.73 Å². The molecule has 13 heteroatoms. The topological polar surface area (TPSA) is 86.8 Å². The minimum atomic E-state index is -5.30. The van der Waals surface area contributed by atoms with Gasteiger partial charge in [0, 0.05) is 11.3 Å². The number of ether oxygens (including phenoxy) is 1. The first-order valence-electron chi connectivity index (χ1n) is 10.3. The summed E-state index contributed by atoms with van der Waals surface area (Å²) in [6, 6.07) is 5.99. The maximum atomic E-state index is 13.0. The number of rotatable bonds is 6. The van der Waals surface area contributed by atoms with Crippen molar-refractivity contribution in [2.75, 3.05) is 13.1 Å². The number of nitrogens with two attached hydrogens (primary N) is 1. The molecule has 0 bridgehead atoms. The molecule has 2 N–H and O–H groups in total. The Morgan fingerprint density at radius 2 is 1.82 bits per heavy atom. The van der Waals surface area contributed by atoms with Crippen LogP contribution in [-0.4, -0.2) is 47.1 Å². The van der Waals surface area contributed by atoms with E-state index in [4.69, 9.17) is 5.73 Å². The normalized spacial score (nSPS) is 18.6. The zero-order valence-electron chi connectivity index (χ0n) is 17.4. The van der Waals surface area contributed by atoms with Gasteiger partial charge in [-0.05, 0) is 55.5 Å². The number of hydrogen-bond donors (Lipinski definition) is 1. The van der Waals surface area contributed by atoms with Gasteiger partial charge in [0.05, 0.1) is 12.6 Å². The Labute approximate surface area is 189 Å². The summed E-state index contributed by atoms with van der Waals surface area (Å²) in [6.45, 7) is -0.220. The number of amides is 1. The van der Waals surface area contributed by atoms with E-state index in [-0.39, 0.29) is 31.1 Å². The second-order valence-corrected chi connectivity index (χ2v) is 8.02. The van der Waals surface area contributed by atoms with Gasteiger partial charge in [0.25, 0.3) is 0 Å². The number of hydrogen-bond acceptors (Lipinski definition) is 5. The van der Waals surface area contributed by atoms with Gasteiger partial charge in [-0.3, -0.25) is 4.79 Å². The van der Waals surface area contributed by atoms with Crippen molar-refractivity contribution in [1.29, 1.82) is 0 Å². The van der Waals surface area contributed by atoms with Crippen molar-refractivity contribution in [3.05, 3.63) is 41.7 Å². The third-order valence-corrected chi connectivity index (χ3v) is 5.53. The highest BCUT2D eigenvalue weighted by atomic mass is 19.4. The average molecular weight is 491 g/mol. The predicted octanol–water partition coefficient (Wildman–Crippen LogP) is 4.30. The number of benzene rings is 1. The van der Waals surface area contributed by atoms with E-state index in [1.165, 1.54) is 18.2 Å². The molecule has 1 aromatic carbocycles. The van der Waals surface area contributed by atoms with E-state index < -0.39 is 36.2 Å². The van der Waals surface area contributed by atoms with E-state index >= 15 is 0 Å². The third-order valence-electron chi connectivity index (χ3n) is 5.53. The van der Waals surface area contributed by atoms with Gasteiger partial charge in [-0.25, -0.2) is 4.79 Å². The standard InChI is InChI=1S/C21H19F6N3O4/c22-20(23,24)19(32)34-29-10-13(6-7-28)30-16(18(29)31)9-15(17(30)11-4-5-11)12-2-1-3-14(8-12)33-21(25,26)27/h1-3,8-9,11,13H,4-7,10,28H2. The summed E-state index contributed by atoms with van der Waals surface area (Å²) in [6.07, 6.45) is -8.40. The molecule has 1 amide bonds. The summed E-state index contributed by atoms with van der Waals surface area (Å²) in [5.74, 6) is -3.96. The molecule has 0 spiro atoms. The van der Waals surface area contributed by atoms with Crippen molar-refractivity contribution in [2.45, 2.75) is 43.8 Å². The second kappa shape index (κ2) is 8.53. The molecule has 1 fully saturated rings. The van der Waals surface area contributed by atoms with Crippen LogP contribution in [0.2, 0.25) is 0 Å². The summed E-state index contributed by atoms with van der Waals surface area (Å²) < 4.78 is 81.8. The first kappa shape index (κ1) is 23.9. The summed E-state index contributed by atoms with van der Waals surface area (Å²) in [5, 5.41) is 0.356. The van der Waals surface area contributed by atoms with Crippen LogP contribution in [0.5, 0.6) is 5.75 Å². The molecule has 2 aromatic rings. The first-order valence-corrected chi connectivity index (χ1v) is 10.3. The second-order valence-electron chi connectivity index (χ2n) is 8.02. The molecule has 0 saturated heterocycles. The molecule has 1 aliphatic heterocycles. The van der Waals surface area contributed by atoms with E-state index in [1.807, 2.05) is 0 Å². The average Bonchev–Trinajstić information content (AvgIpc) is 3.48. The molecule has 1 atom stereocenters. The van der Waals surface area contributed by atoms with Crippen molar-refractivity contribution in [3.8, 4) is 16.9 Å². The highest BCUT2D eigenvalue weighted by Crippen LogP contribution is 2.48. The van der Waals surface area contributed by atoms with Crippen molar-refractivity contribution in [3.63, 3.8) is 0 Å². The Morgan fingerprint density at radius 3 is 2.41 bits per heavy atom. The van der Waals surface area contributed by atoms with Crippen LogP contribution in [0.25, 0.3) is 11.1 Å². The quantitative estimate of drug-likeness (QED) is 0.610. The highest BCUT2D eigenvalue weighted by molar-refractivity contribution is 5.96. The minimum absolute atomic E-state index is 0.00768. The molecule has 1 aliphatic carbocycles. The number of halogens is 6. The van der Waals surface area contributed by atoms with Crippen LogP contribution in [0.1, 0.15) is 47.4 Å². The Kier molecular flexibility index (Phi) is 6.00. The highest BCUT2D eigenvalue weighted by Gasteiger charge is 2.46. The molecule has 34 heavy (non-hydrogen) atoms. The van der Waals surface area contributed by atoms with E-state index in [2.05, 4.69) is 9.57 Å². The van der Waals surface area contributed by atoms with Crippen molar-refractivity contribution in [1.82, 2.24) is 9.63 Å². The summed E-state index contributed by atoms with van der Waals surface area (Å²) in [7, 11) is 0. The van der Waals surface area contributed by atoms with Gasteiger partial charge in [-0.1, -0.05) is 12.1 Å². The predicted molar refractivity (Wildman–Crippen MR) is 104 cm³/mol. The summed E-state index contributed by atoms with van der Waals surface area (Å²) in [4.78, 5) is 28.6. The number of carbonyl (C=O) groups is 2. The lowest BCUT2D eigenvalue weighted by Crippen LogP contribution is -2.46. The van der Waals surface area contributed by atoms with Crippen LogP contribution >= 0.6 is 0 Å². The zero-order valence-corrected chi connectivity index (χ0v) is 17.4. The third kappa shape index (κ3) is 4.83. The Hall–Kier alpha value is -3.22. The van der Waals surface area contributed by atoms with Gasteiger partial charge in [-0.15, -0.1) is 13.2 Å². The monoisotopic (exact) mass is 491 g/mol. The molecule has 2 heterocycles. The van der Waals surface area contributed by atoms with E-state index in [0.717, 1.165) is 18.9 Å². The number of alkyl halides is 6. The van der Waals surface area contributed by atoms with Crippen molar-refractivity contribution < 1.29 is 45.5 Å². The lowest BCUT2D eigenvalue weighted by atomic mass is 10.0. The molecule has 2 aliphatic rings. The van der Waals surface area contributed by atoms with Crippen molar-refractivity contribution >= 4 is 11.9 Å². The maximum absolute atomic E-state index is 13.0. The minimum Gasteiger partial charge on any atom is -0.406 e. The largest absolute Gasteiger partial charge is 0.573 e. The number of fused-ring (bicyclic) bond motifs is 1. The van der Waals surface area contributed by atoms with Gasteiger partial charge >= 0.3 is 24.4 Å². The zero-order chi connectivity index (χ0) is 24.8. The van der Waals surface area contributed by atoms with Crippen LogP contribution in [0.3, 0.4) is 0 Å². The lowest BCUT2D eigenvalue weighted by Gasteiger charge is -2.34. The number of aromatic nitrogens is 1. The number of carbonyl (C=O) groups excluding carboxylic acids is 2. The number of nitrogens with zero attached hydrogens (tertiary/aromatic N) is 2. The summed E-state index contributed by atoms with van der Waals surface area (Å²) >= 11 is 0. The van der Waals surface area contributed by atoms with E-state index in [0.29, 0.717) is 21.9 Å². The van der Waals surface area contributed by atoms with E-state index in [9.17, 15) is 35.9 Å². The fraction of sp³-hybridized carbons (Fsp3) is 0.429. The Balaban J connectivity index is 1.78. The molecule has 184 valence electrons. The molecule has 0 radical (unpaired) electrons. The number of hydroxylamine groups is 2. The maximum Gasteiger partial charge on any atom is 0.573 e. The smallest absolute Gasteiger partial charge is 0.406 e. The van der Waals surface area contributed by atoms with E-state index in [1.54, 1.807) is 10.6 Å². The fourth-order valence-electron chi connectivity index (χ4n) is 4.09. The van der Waals surface area contributed by atoms with Gasteiger partial charge in [0.15, 0.2) is 0 Å². The van der Waals surface area contributed by atoms with Crippen LogP contribution < -0.4 is 10.5 Å². The molecule has 1 aromatic heterocycles. The van der Waals surface area contributed by atoms with Gasteiger partial charge in [0.1, 0.15) is 11.4 Å². The molecule has 7 nitrogen and oxygen atoms in total. The van der Waals surface area contributed by atoms with Gasteiger partial charge in [-0.2, -0.15) is 18.2 Å². The van der Waals surface area contributed by atoms with Gasteiger partial charge < -0.3 is 19.9 Å². The molecule has 1 unspecified atom stereocenters. The Bertz CT molecular complexity index is 1110. The van der Waals surface area contributed by atoms with Crippen LogP contribution in [-0.2, 0) is 9.63 Å². The summed E-state index contributed by atoms with van der Waals surface area (Å²) in [5.41, 5.74) is 7.09. The van der Waals surface area contributed by atoms with Crippen LogP contribution in [0, 0.1) is 0 Å². The molecular formula is C21H19F6N3O4. The Morgan fingerprint density at radius 1 is 1.12 bits per heavy atom. The van der Waals surface area contributed by atoms with Crippen LogP contribution in [0.15, 0.2) is 30.3 Å². The first-order chi connectivity index (χ1) is 15.9. The molecule has 1 saturated carbocycles. The molecular weight excluding hydrogens is 472 g/mol. The van der Waals surface area contributed by atoms with Crippen LogP contribution in [0.4, 0.5) is 26.3 Å². The molecule has 4 rings (SSSR count).